The Labute approximate surface area is 78.4 Å². The molecule has 0 amide bonds. The number of rotatable bonds is 1. The van der Waals surface area contributed by atoms with Crippen molar-refractivity contribution < 1.29 is 0 Å². The predicted molar refractivity (Wildman–Crippen MR) is 51.1 cm³/mol. The molecule has 2 N–H and O–H groups in total. The molecular weight excluding hydrogens is 162 g/mol. The van der Waals surface area contributed by atoms with E-state index in [0.29, 0.717) is 6.54 Å². The second kappa shape index (κ2) is 3.42. The van der Waals surface area contributed by atoms with Gasteiger partial charge in [-0.25, -0.2) is 9.97 Å². The summed E-state index contributed by atoms with van der Waals surface area (Å²) in [6, 6.07) is 0. The number of aromatic nitrogens is 2. The van der Waals surface area contributed by atoms with Crippen molar-refractivity contribution in [3.8, 4) is 0 Å². The Morgan fingerprint density at radius 2 is 2.46 bits per heavy atom. The van der Waals surface area contributed by atoms with E-state index in [9.17, 15) is 0 Å². The summed E-state index contributed by atoms with van der Waals surface area (Å²) in [5, 5.41) is 0. The summed E-state index contributed by atoms with van der Waals surface area (Å²) in [4.78, 5) is 8.64. The minimum atomic E-state index is 0.447. The fourth-order valence-corrected chi connectivity index (χ4v) is 1.83. The van der Waals surface area contributed by atoms with Gasteiger partial charge >= 0.3 is 0 Å². The van der Waals surface area contributed by atoms with Crippen molar-refractivity contribution in [2.45, 2.75) is 32.7 Å². The molecule has 1 aliphatic rings. The first-order valence-corrected chi connectivity index (χ1v) is 4.83. The van der Waals surface area contributed by atoms with E-state index in [0.717, 1.165) is 24.6 Å². The highest BCUT2D eigenvalue weighted by Crippen LogP contribution is 2.22. The molecule has 1 heterocycles. The van der Waals surface area contributed by atoms with Crippen LogP contribution in [0.15, 0.2) is 6.20 Å². The lowest BCUT2D eigenvalue weighted by atomic mass is 9.89. The highest BCUT2D eigenvalue weighted by molar-refractivity contribution is 5.21. The van der Waals surface area contributed by atoms with E-state index in [1.807, 2.05) is 6.20 Å². The molecule has 70 valence electrons. The lowest BCUT2D eigenvalue weighted by Crippen LogP contribution is -2.15. The first-order chi connectivity index (χ1) is 6.29. The second-order valence-corrected chi connectivity index (χ2v) is 3.81. The van der Waals surface area contributed by atoms with Crippen molar-refractivity contribution >= 4 is 0 Å². The maximum absolute atomic E-state index is 5.49. The molecule has 1 aromatic rings. The Kier molecular flexibility index (Phi) is 2.27. The highest BCUT2D eigenvalue weighted by atomic mass is 14.9. The molecule has 0 spiro atoms. The Hall–Kier alpha value is -0.960. The third-order valence-electron chi connectivity index (χ3n) is 2.63. The predicted octanol–water partition coefficient (Wildman–Crippen LogP) is 1.06. The largest absolute Gasteiger partial charge is 0.324 e. The molecule has 13 heavy (non-hydrogen) atoms. The van der Waals surface area contributed by atoms with Gasteiger partial charge in [-0.05, 0) is 30.7 Å². The minimum absolute atomic E-state index is 0.447. The van der Waals surface area contributed by atoms with Gasteiger partial charge < -0.3 is 5.73 Å². The van der Waals surface area contributed by atoms with Crippen LogP contribution in [0.4, 0.5) is 0 Å². The molecular formula is C10H15N3. The summed E-state index contributed by atoms with van der Waals surface area (Å²) < 4.78 is 0. The Bertz CT molecular complexity index is 309. The Morgan fingerprint density at radius 1 is 1.62 bits per heavy atom. The van der Waals surface area contributed by atoms with Crippen LogP contribution in [0.2, 0.25) is 0 Å². The smallest absolute Gasteiger partial charge is 0.142 e. The molecule has 3 nitrogen and oxygen atoms in total. The van der Waals surface area contributed by atoms with Gasteiger partial charge in [0.1, 0.15) is 5.82 Å². The van der Waals surface area contributed by atoms with Crippen molar-refractivity contribution in [1.82, 2.24) is 9.97 Å². The molecule has 1 aromatic heterocycles. The van der Waals surface area contributed by atoms with Crippen molar-refractivity contribution in [3.63, 3.8) is 0 Å². The van der Waals surface area contributed by atoms with E-state index >= 15 is 0 Å². The van der Waals surface area contributed by atoms with Gasteiger partial charge in [0.05, 0.1) is 6.54 Å². The lowest BCUT2D eigenvalue weighted by Gasteiger charge is -2.20. The van der Waals surface area contributed by atoms with Crippen LogP contribution in [-0.4, -0.2) is 9.97 Å². The molecule has 1 atom stereocenters. The standard InChI is InChI=1S/C10H15N3/c1-7-2-3-9-8(4-7)6-12-10(5-11)13-9/h6-7H,2-5,11H2,1H3. The molecule has 2 rings (SSSR count). The normalized spacial score (nSPS) is 21.2. The molecule has 0 bridgehead atoms. The monoisotopic (exact) mass is 177 g/mol. The highest BCUT2D eigenvalue weighted by Gasteiger charge is 2.16. The molecule has 0 saturated carbocycles. The first-order valence-electron chi connectivity index (χ1n) is 4.83. The number of hydrogen-bond donors (Lipinski definition) is 1. The number of hydrogen-bond acceptors (Lipinski definition) is 3. The van der Waals surface area contributed by atoms with Crippen LogP contribution in [0.3, 0.4) is 0 Å². The zero-order chi connectivity index (χ0) is 9.26. The summed E-state index contributed by atoms with van der Waals surface area (Å²) in [5.41, 5.74) is 8.02. The summed E-state index contributed by atoms with van der Waals surface area (Å²) in [5.74, 6) is 1.55. The third kappa shape index (κ3) is 1.70. The molecule has 3 heteroatoms. The molecule has 1 aliphatic carbocycles. The van der Waals surface area contributed by atoms with Crippen molar-refractivity contribution in [2.75, 3.05) is 0 Å². The van der Waals surface area contributed by atoms with E-state index in [1.54, 1.807) is 0 Å². The SMILES string of the molecule is CC1CCc2nc(CN)ncc2C1. The van der Waals surface area contributed by atoms with Gasteiger partial charge in [-0.3, -0.25) is 0 Å². The fourth-order valence-electron chi connectivity index (χ4n) is 1.83. The van der Waals surface area contributed by atoms with Gasteiger partial charge in [0, 0.05) is 11.9 Å². The quantitative estimate of drug-likeness (QED) is 0.697. The van der Waals surface area contributed by atoms with Crippen molar-refractivity contribution in [3.05, 3.63) is 23.3 Å². The lowest BCUT2D eigenvalue weighted by molar-refractivity contribution is 0.490. The summed E-state index contributed by atoms with van der Waals surface area (Å²) >= 11 is 0. The molecule has 0 fully saturated rings. The average Bonchev–Trinajstić information content (AvgIpc) is 2.17. The molecule has 0 aliphatic heterocycles. The summed E-state index contributed by atoms with van der Waals surface area (Å²) in [7, 11) is 0. The average molecular weight is 177 g/mol. The van der Waals surface area contributed by atoms with Crippen LogP contribution >= 0.6 is 0 Å². The van der Waals surface area contributed by atoms with E-state index < -0.39 is 0 Å². The van der Waals surface area contributed by atoms with Gasteiger partial charge in [-0.1, -0.05) is 6.92 Å². The van der Waals surface area contributed by atoms with Gasteiger partial charge in [0.2, 0.25) is 0 Å². The first kappa shape index (κ1) is 8.63. The van der Waals surface area contributed by atoms with Crippen LogP contribution in [0, 0.1) is 5.92 Å². The van der Waals surface area contributed by atoms with Crippen molar-refractivity contribution in [2.24, 2.45) is 11.7 Å². The maximum atomic E-state index is 5.49. The second-order valence-electron chi connectivity index (χ2n) is 3.81. The zero-order valence-corrected chi connectivity index (χ0v) is 7.95. The van der Waals surface area contributed by atoms with Crippen LogP contribution in [0.1, 0.15) is 30.4 Å². The molecule has 1 unspecified atom stereocenters. The van der Waals surface area contributed by atoms with Gasteiger partial charge in [0.15, 0.2) is 0 Å². The molecule has 0 aromatic carbocycles. The molecule has 0 saturated heterocycles. The number of fused-ring (bicyclic) bond motifs is 1. The third-order valence-corrected chi connectivity index (χ3v) is 2.63. The number of aryl methyl sites for hydroxylation is 1. The van der Waals surface area contributed by atoms with Gasteiger partial charge in [-0.2, -0.15) is 0 Å². The Balaban J connectivity index is 2.31. The Morgan fingerprint density at radius 3 is 3.23 bits per heavy atom. The minimum Gasteiger partial charge on any atom is -0.324 e. The number of nitrogens with zero attached hydrogens (tertiary/aromatic N) is 2. The molecule has 0 radical (unpaired) electrons. The number of nitrogens with two attached hydrogens (primary N) is 1. The van der Waals surface area contributed by atoms with Gasteiger partial charge in [-0.15, -0.1) is 0 Å². The maximum Gasteiger partial charge on any atom is 0.142 e. The fraction of sp³-hybridized carbons (Fsp3) is 0.600. The van der Waals surface area contributed by atoms with E-state index in [1.165, 1.54) is 17.7 Å². The van der Waals surface area contributed by atoms with Crippen LogP contribution in [-0.2, 0) is 19.4 Å². The topological polar surface area (TPSA) is 51.8 Å². The van der Waals surface area contributed by atoms with Crippen molar-refractivity contribution in [1.29, 1.82) is 0 Å². The van der Waals surface area contributed by atoms with Crippen LogP contribution in [0.5, 0.6) is 0 Å². The van der Waals surface area contributed by atoms with E-state index in [-0.39, 0.29) is 0 Å². The van der Waals surface area contributed by atoms with Gasteiger partial charge in [0.25, 0.3) is 0 Å². The zero-order valence-electron chi connectivity index (χ0n) is 7.95. The summed E-state index contributed by atoms with van der Waals surface area (Å²) in [6.45, 7) is 2.72. The van der Waals surface area contributed by atoms with E-state index in [2.05, 4.69) is 16.9 Å². The van der Waals surface area contributed by atoms with E-state index in [4.69, 9.17) is 5.73 Å². The summed E-state index contributed by atoms with van der Waals surface area (Å²) in [6.07, 6.45) is 5.40. The van der Waals surface area contributed by atoms with Crippen LogP contribution < -0.4 is 5.73 Å². The van der Waals surface area contributed by atoms with Crippen LogP contribution in [0.25, 0.3) is 0 Å².